The molecular weight excluding hydrogens is 342 g/mol. The minimum atomic E-state index is -0.0225. The minimum Gasteiger partial charge on any atom is -0.465 e. The number of fused-ring (bicyclic) bond motifs is 1. The van der Waals surface area contributed by atoms with E-state index in [4.69, 9.17) is 4.74 Å². The number of likely N-dealkylation sites (tertiary alicyclic amines) is 1. The van der Waals surface area contributed by atoms with Gasteiger partial charge in [0.05, 0.1) is 5.56 Å². The van der Waals surface area contributed by atoms with Crippen LogP contribution in [0.3, 0.4) is 0 Å². The zero-order chi connectivity index (χ0) is 17.9. The molecule has 2 heterocycles. The van der Waals surface area contributed by atoms with Crippen LogP contribution in [-0.4, -0.2) is 30.0 Å². The summed E-state index contributed by atoms with van der Waals surface area (Å²) in [6.07, 6.45) is 3.71. The fourth-order valence-corrected chi connectivity index (χ4v) is 4.68. The van der Waals surface area contributed by atoms with Crippen molar-refractivity contribution < 1.29 is 9.53 Å². The van der Waals surface area contributed by atoms with Gasteiger partial charge in [0.15, 0.2) is 17.1 Å². The molecule has 3 aromatic rings. The van der Waals surface area contributed by atoms with Crippen LogP contribution in [-0.2, 0) is 0 Å². The SMILES string of the molecule is CC(Oc1sc2ccccc2c1C(=O)c1ccccc1)N1CCCCC1. The molecule has 1 saturated heterocycles. The molecule has 134 valence electrons. The summed E-state index contributed by atoms with van der Waals surface area (Å²) in [5.41, 5.74) is 1.40. The molecule has 3 nitrogen and oxygen atoms in total. The quantitative estimate of drug-likeness (QED) is 0.571. The Morgan fingerprint density at radius 1 is 1.00 bits per heavy atom. The van der Waals surface area contributed by atoms with Crippen LogP contribution in [0.25, 0.3) is 10.1 Å². The lowest BCUT2D eigenvalue weighted by Crippen LogP contribution is -2.40. The van der Waals surface area contributed by atoms with E-state index in [1.165, 1.54) is 19.3 Å². The first-order chi connectivity index (χ1) is 12.7. The summed E-state index contributed by atoms with van der Waals surface area (Å²) in [6, 6.07) is 17.5. The highest BCUT2D eigenvalue weighted by atomic mass is 32.1. The lowest BCUT2D eigenvalue weighted by molar-refractivity contribution is 0.0285. The molecule has 0 spiro atoms. The zero-order valence-electron chi connectivity index (χ0n) is 15.0. The van der Waals surface area contributed by atoms with Crippen LogP contribution in [0.2, 0.25) is 0 Å². The Hall–Kier alpha value is -2.17. The summed E-state index contributed by atoms with van der Waals surface area (Å²) in [7, 11) is 0. The van der Waals surface area contributed by atoms with E-state index < -0.39 is 0 Å². The highest BCUT2D eigenvalue weighted by Gasteiger charge is 2.25. The molecule has 1 unspecified atom stereocenters. The zero-order valence-corrected chi connectivity index (χ0v) is 15.8. The minimum absolute atomic E-state index is 0.0225. The number of ketones is 1. The van der Waals surface area contributed by atoms with E-state index in [0.717, 1.165) is 28.2 Å². The molecule has 1 aromatic heterocycles. The van der Waals surface area contributed by atoms with Crippen LogP contribution in [0.1, 0.15) is 42.1 Å². The number of carbonyl (C=O) groups excluding carboxylic acids is 1. The molecule has 4 heteroatoms. The average Bonchev–Trinajstić information content (AvgIpc) is 3.06. The molecule has 0 amide bonds. The topological polar surface area (TPSA) is 29.5 Å². The largest absolute Gasteiger partial charge is 0.465 e. The summed E-state index contributed by atoms with van der Waals surface area (Å²) in [6.45, 7) is 4.22. The third-order valence-corrected chi connectivity index (χ3v) is 6.07. The van der Waals surface area contributed by atoms with E-state index in [1.54, 1.807) is 11.3 Å². The van der Waals surface area contributed by atoms with Gasteiger partial charge in [0, 0.05) is 28.7 Å². The van der Waals surface area contributed by atoms with Gasteiger partial charge >= 0.3 is 0 Å². The maximum absolute atomic E-state index is 13.2. The first kappa shape index (κ1) is 17.3. The van der Waals surface area contributed by atoms with Crippen molar-refractivity contribution in [3.63, 3.8) is 0 Å². The number of hydrogen-bond donors (Lipinski definition) is 0. The van der Waals surface area contributed by atoms with Gasteiger partial charge < -0.3 is 4.74 Å². The maximum Gasteiger partial charge on any atom is 0.198 e. The Morgan fingerprint density at radius 2 is 1.69 bits per heavy atom. The summed E-state index contributed by atoms with van der Waals surface area (Å²) >= 11 is 1.57. The lowest BCUT2D eigenvalue weighted by atomic mass is 10.0. The number of rotatable bonds is 5. The summed E-state index contributed by atoms with van der Waals surface area (Å²) in [4.78, 5) is 15.6. The van der Waals surface area contributed by atoms with Crippen LogP contribution in [0, 0.1) is 0 Å². The third-order valence-electron chi connectivity index (χ3n) is 5.01. The molecular formula is C22H23NO2S. The van der Waals surface area contributed by atoms with E-state index in [-0.39, 0.29) is 12.0 Å². The summed E-state index contributed by atoms with van der Waals surface area (Å²) in [5.74, 6) is 0.0314. The molecule has 2 aromatic carbocycles. The summed E-state index contributed by atoms with van der Waals surface area (Å²) < 4.78 is 7.43. The molecule has 0 saturated carbocycles. The first-order valence-corrected chi connectivity index (χ1v) is 10.1. The predicted octanol–water partition coefficient (Wildman–Crippen LogP) is 5.34. The van der Waals surface area contributed by atoms with E-state index in [0.29, 0.717) is 11.1 Å². The van der Waals surface area contributed by atoms with Crippen molar-refractivity contribution in [1.29, 1.82) is 0 Å². The third kappa shape index (κ3) is 3.39. The molecule has 0 bridgehead atoms. The van der Waals surface area contributed by atoms with Crippen LogP contribution in [0.4, 0.5) is 0 Å². The number of carbonyl (C=O) groups is 1. The van der Waals surface area contributed by atoms with Crippen LogP contribution in [0.5, 0.6) is 5.06 Å². The van der Waals surface area contributed by atoms with E-state index in [1.807, 2.05) is 48.5 Å². The number of hydrogen-bond acceptors (Lipinski definition) is 4. The second-order valence-electron chi connectivity index (χ2n) is 6.77. The number of piperidine rings is 1. The van der Waals surface area contributed by atoms with Crippen molar-refractivity contribution in [2.45, 2.75) is 32.4 Å². The molecule has 0 N–H and O–H groups in total. The molecule has 0 aliphatic carbocycles. The Kier molecular flexibility index (Phi) is 5.05. The van der Waals surface area contributed by atoms with Gasteiger partial charge in [-0.3, -0.25) is 9.69 Å². The molecule has 26 heavy (non-hydrogen) atoms. The predicted molar refractivity (Wildman–Crippen MR) is 107 cm³/mol. The van der Waals surface area contributed by atoms with Gasteiger partial charge in [0.2, 0.25) is 0 Å². The van der Waals surface area contributed by atoms with Gasteiger partial charge in [-0.05, 0) is 25.8 Å². The van der Waals surface area contributed by atoms with Crippen molar-refractivity contribution in [3.8, 4) is 5.06 Å². The van der Waals surface area contributed by atoms with Gasteiger partial charge in [0.25, 0.3) is 0 Å². The van der Waals surface area contributed by atoms with E-state index in [9.17, 15) is 4.79 Å². The van der Waals surface area contributed by atoms with E-state index in [2.05, 4.69) is 17.9 Å². The Bertz CT molecular complexity index is 897. The monoisotopic (exact) mass is 365 g/mol. The van der Waals surface area contributed by atoms with Crippen molar-refractivity contribution in [2.24, 2.45) is 0 Å². The maximum atomic E-state index is 13.2. The van der Waals surface area contributed by atoms with Gasteiger partial charge in [-0.2, -0.15) is 0 Å². The van der Waals surface area contributed by atoms with Crippen LogP contribution in [0.15, 0.2) is 54.6 Å². The summed E-state index contributed by atoms with van der Waals surface area (Å²) in [5, 5.41) is 1.71. The fourth-order valence-electron chi connectivity index (χ4n) is 3.57. The smallest absolute Gasteiger partial charge is 0.198 e. The van der Waals surface area contributed by atoms with Crippen molar-refractivity contribution >= 4 is 27.2 Å². The van der Waals surface area contributed by atoms with E-state index >= 15 is 0 Å². The fraction of sp³-hybridized carbons (Fsp3) is 0.318. The first-order valence-electron chi connectivity index (χ1n) is 9.26. The van der Waals surface area contributed by atoms with Gasteiger partial charge in [0.1, 0.15) is 0 Å². The molecule has 1 atom stereocenters. The lowest BCUT2D eigenvalue weighted by Gasteiger charge is -2.32. The molecule has 0 radical (unpaired) electrons. The van der Waals surface area contributed by atoms with Gasteiger partial charge in [-0.25, -0.2) is 0 Å². The van der Waals surface area contributed by atoms with Crippen molar-refractivity contribution in [2.75, 3.05) is 13.1 Å². The van der Waals surface area contributed by atoms with Crippen LogP contribution >= 0.6 is 11.3 Å². The normalized spacial score (nSPS) is 16.5. The Balaban J connectivity index is 1.71. The molecule has 1 aliphatic heterocycles. The van der Waals surface area contributed by atoms with Gasteiger partial charge in [-0.15, -0.1) is 0 Å². The van der Waals surface area contributed by atoms with Crippen molar-refractivity contribution in [3.05, 3.63) is 65.7 Å². The molecule has 4 rings (SSSR count). The average molecular weight is 365 g/mol. The Labute approximate surface area is 158 Å². The number of ether oxygens (including phenoxy) is 1. The standard InChI is InChI=1S/C22H23NO2S/c1-16(23-14-8-3-9-15-23)25-22-20(18-12-6-7-13-19(18)26-22)21(24)17-10-4-2-5-11-17/h2,4-7,10-13,16H,3,8-9,14-15H2,1H3. The number of benzene rings is 2. The van der Waals surface area contributed by atoms with Crippen molar-refractivity contribution in [1.82, 2.24) is 4.90 Å². The highest BCUT2D eigenvalue weighted by molar-refractivity contribution is 7.21. The highest BCUT2D eigenvalue weighted by Crippen LogP contribution is 2.39. The van der Waals surface area contributed by atoms with Gasteiger partial charge in [-0.1, -0.05) is 66.3 Å². The molecule has 1 fully saturated rings. The number of nitrogens with zero attached hydrogens (tertiary/aromatic N) is 1. The Morgan fingerprint density at radius 3 is 2.46 bits per heavy atom. The second-order valence-corrected chi connectivity index (χ2v) is 7.78. The van der Waals surface area contributed by atoms with Crippen LogP contribution < -0.4 is 4.74 Å². The second kappa shape index (κ2) is 7.60. The number of thiophene rings is 1. The molecule has 1 aliphatic rings.